The zero-order valence-electron chi connectivity index (χ0n) is 12.9. The van der Waals surface area contributed by atoms with Crippen LogP contribution in [0.4, 0.5) is 29.3 Å². The molecule has 24 heavy (non-hydrogen) atoms. The summed E-state index contributed by atoms with van der Waals surface area (Å²) >= 11 is 0. The molecule has 0 unspecified atom stereocenters. The van der Waals surface area contributed by atoms with Gasteiger partial charge in [0.2, 0.25) is 0 Å². The van der Waals surface area contributed by atoms with E-state index in [0.29, 0.717) is 18.8 Å². The number of alkyl halides is 3. The Labute approximate surface area is 137 Å². The van der Waals surface area contributed by atoms with E-state index in [2.05, 4.69) is 4.74 Å². The first kappa shape index (κ1) is 16.2. The predicted octanol–water partition coefficient (Wildman–Crippen LogP) is 4.34. The molecule has 7 heteroatoms. The van der Waals surface area contributed by atoms with Crippen LogP contribution in [0.3, 0.4) is 0 Å². The number of anilines is 2. The van der Waals surface area contributed by atoms with Crippen molar-refractivity contribution >= 4 is 17.4 Å². The van der Waals surface area contributed by atoms with E-state index in [9.17, 15) is 18.0 Å². The van der Waals surface area contributed by atoms with E-state index in [4.69, 9.17) is 0 Å². The Hall–Kier alpha value is -2.70. The maximum atomic E-state index is 12.6. The van der Waals surface area contributed by atoms with Crippen molar-refractivity contribution in [2.45, 2.75) is 13.3 Å². The molecular formula is C17H15F3N2O2. The maximum absolute atomic E-state index is 12.6. The molecule has 0 aliphatic carbocycles. The molecule has 1 fully saturated rings. The molecule has 1 aliphatic heterocycles. The van der Waals surface area contributed by atoms with E-state index in [1.807, 2.05) is 31.2 Å². The van der Waals surface area contributed by atoms with Crippen LogP contribution < -0.4 is 14.5 Å². The van der Waals surface area contributed by atoms with Crippen LogP contribution in [0.15, 0.2) is 48.5 Å². The molecule has 0 bridgehead atoms. The zero-order valence-corrected chi connectivity index (χ0v) is 12.9. The second-order valence-electron chi connectivity index (χ2n) is 5.41. The number of aryl methyl sites for hydroxylation is 1. The van der Waals surface area contributed by atoms with Crippen molar-refractivity contribution in [2.75, 3.05) is 22.9 Å². The Bertz CT molecular complexity index is 744. The first-order valence-electron chi connectivity index (χ1n) is 7.35. The normalized spacial score (nSPS) is 15.1. The first-order valence-corrected chi connectivity index (χ1v) is 7.35. The van der Waals surface area contributed by atoms with E-state index in [1.54, 1.807) is 4.90 Å². The van der Waals surface area contributed by atoms with Gasteiger partial charge in [0.1, 0.15) is 5.75 Å². The van der Waals surface area contributed by atoms with Crippen molar-refractivity contribution in [2.24, 2.45) is 0 Å². The van der Waals surface area contributed by atoms with Crippen LogP contribution in [-0.4, -0.2) is 25.5 Å². The topological polar surface area (TPSA) is 32.8 Å². The quantitative estimate of drug-likeness (QED) is 0.835. The fourth-order valence-electron chi connectivity index (χ4n) is 2.69. The Morgan fingerprint density at radius 3 is 2.21 bits per heavy atom. The molecule has 4 nitrogen and oxygen atoms in total. The number of halogens is 3. The van der Waals surface area contributed by atoms with Gasteiger partial charge in [-0.25, -0.2) is 4.79 Å². The molecule has 0 atom stereocenters. The molecule has 2 amide bonds. The highest BCUT2D eigenvalue weighted by atomic mass is 19.4. The van der Waals surface area contributed by atoms with Crippen molar-refractivity contribution in [3.63, 3.8) is 0 Å². The van der Waals surface area contributed by atoms with Crippen LogP contribution in [-0.2, 0) is 0 Å². The number of benzene rings is 2. The van der Waals surface area contributed by atoms with E-state index < -0.39 is 6.36 Å². The number of carbonyl (C=O) groups excluding carboxylic acids is 1. The van der Waals surface area contributed by atoms with Gasteiger partial charge in [0.15, 0.2) is 0 Å². The molecule has 0 saturated carbocycles. The third-order valence-corrected chi connectivity index (χ3v) is 3.80. The Kier molecular flexibility index (Phi) is 4.09. The molecule has 1 aliphatic rings. The van der Waals surface area contributed by atoms with Crippen LogP contribution >= 0.6 is 0 Å². The maximum Gasteiger partial charge on any atom is 0.573 e. The second-order valence-corrected chi connectivity index (χ2v) is 5.41. The molecular weight excluding hydrogens is 321 g/mol. The smallest absolute Gasteiger partial charge is 0.406 e. The molecule has 0 N–H and O–H groups in total. The molecule has 1 saturated heterocycles. The summed E-state index contributed by atoms with van der Waals surface area (Å²) in [4.78, 5) is 15.8. The molecule has 3 rings (SSSR count). The van der Waals surface area contributed by atoms with E-state index in [-0.39, 0.29) is 11.8 Å². The fourth-order valence-corrected chi connectivity index (χ4v) is 2.69. The Balaban J connectivity index is 1.77. The van der Waals surface area contributed by atoms with E-state index in [1.165, 1.54) is 29.2 Å². The van der Waals surface area contributed by atoms with E-state index >= 15 is 0 Å². The number of carbonyl (C=O) groups is 1. The van der Waals surface area contributed by atoms with Gasteiger partial charge in [-0.1, -0.05) is 18.2 Å². The summed E-state index contributed by atoms with van der Waals surface area (Å²) in [6, 6.07) is 12.7. The molecule has 0 aromatic heterocycles. The summed E-state index contributed by atoms with van der Waals surface area (Å²) in [5, 5.41) is 0. The SMILES string of the molecule is Cc1ccccc1N1CCN(c2ccc(OC(F)(F)F)cc2)C1=O. The lowest BCUT2D eigenvalue weighted by molar-refractivity contribution is -0.274. The van der Waals surface area contributed by atoms with Crippen molar-refractivity contribution in [1.82, 2.24) is 0 Å². The summed E-state index contributed by atoms with van der Waals surface area (Å²) in [5.41, 5.74) is 2.36. The third kappa shape index (κ3) is 3.29. The highest BCUT2D eigenvalue weighted by Gasteiger charge is 2.33. The third-order valence-electron chi connectivity index (χ3n) is 3.80. The summed E-state index contributed by atoms with van der Waals surface area (Å²) in [6.45, 7) is 2.91. The van der Waals surface area contributed by atoms with Crippen LogP contribution in [0.25, 0.3) is 0 Å². The van der Waals surface area contributed by atoms with Gasteiger partial charge in [0.25, 0.3) is 0 Å². The molecule has 0 radical (unpaired) electrons. The van der Waals surface area contributed by atoms with Crippen molar-refractivity contribution in [3.8, 4) is 5.75 Å². The summed E-state index contributed by atoms with van der Waals surface area (Å²) in [6.07, 6.45) is -4.73. The fraction of sp³-hybridized carbons (Fsp3) is 0.235. The summed E-state index contributed by atoms with van der Waals surface area (Å²) < 4.78 is 40.4. The number of amides is 2. The minimum atomic E-state index is -4.73. The Morgan fingerprint density at radius 1 is 0.958 bits per heavy atom. The largest absolute Gasteiger partial charge is 0.573 e. The van der Waals surface area contributed by atoms with Crippen molar-refractivity contribution in [3.05, 3.63) is 54.1 Å². The van der Waals surface area contributed by atoms with Gasteiger partial charge in [-0.05, 0) is 42.8 Å². The lowest BCUT2D eigenvalue weighted by atomic mass is 10.2. The van der Waals surface area contributed by atoms with Gasteiger partial charge in [-0.2, -0.15) is 0 Å². The lowest BCUT2D eigenvalue weighted by Crippen LogP contribution is -2.32. The van der Waals surface area contributed by atoms with E-state index in [0.717, 1.165) is 11.3 Å². The van der Waals surface area contributed by atoms with Crippen LogP contribution in [0.1, 0.15) is 5.56 Å². The minimum Gasteiger partial charge on any atom is -0.406 e. The number of hydrogen-bond acceptors (Lipinski definition) is 2. The minimum absolute atomic E-state index is 0.200. The number of nitrogens with zero attached hydrogens (tertiary/aromatic N) is 2. The first-order chi connectivity index (χ1) is 11.3. The molecule has 2 aromatic carbocycles. The zero-order chi connectivity index (χ0) is 17.3. The molecule has 126 valence electrons. The monoisotopic (exact) mass is 336 g/mol. The highest BCUT2D eigenvalue weighted by Crippen LogP contribution is 2.29. The number of urea groups is 1. The number of rotatable bonds is 3. The Morgan fingerprint density at radius 2 is 1.58 bits per heavy atom. The van der Waals surface area contributed by atoms with Gasteiger partial charge >= 0.3 is 12.4 Å². The highest BCUT2D eigenvalue weighted by molar-refractivity contribution is 6.06. The van der Waals surface area contributed by atoms with Gasteiger partial charge < -0.3 is 4.74 Å². The van der Waals surface area contributed by atoms with Crippen LogP contribution in [0.5, 0.6) is 5.75 Å². The molecule has 0 spiro atoms. The van der Waals surface area contributed by atoms with Crippen molar-refractivity contribution in [1.29, 1.82) is 0 Å². The van der Waals surface area contributed by atoms with Gasteiger partial charge in [0, 0.05) is 24.5 Å². The second kappa shape index (κ2) is 6.07. The molecule has 1 heterocycles. The summed E-state index contributed by atoms with van der Waals surface area (Å²) in [5.74, 6) is -0.311. The van der Waals surface area contributed by atoms with Crippen LogP contribution in [0.2, 0.25) is 0 Å². The van der Waals surface area contributed by atoms with Gasteiger partial charge in [-0.15, -0.1) is 13.2 Å². The standard InChI is InChI=1S/C17H15F3N2O2/c1-12-4-2-3-5-15(12)22-11-10-21(16(22)23)13-6-8-14(9-7-13)24-17(18,19)20/h2-9H,10-11H2,1H3. The lowest BCUT2D eigenvalue weighted by Gasteiger charge is -2.20. The van der Waals surface area contributed by atoms with Gasteiger partial charge in [-0.3, -0.25) is 9.80 Å². The summed E-state index contributed by atoms with van der Waals surface area (Å²) in [7, 11) is 0. The average molecular weight is 336 g/mol. The molecule has 2 aromatic rings. The number of hydrogen-bond donors (Lipinski definition) is 0. The predicted molar refractivity (Wildman–Crippen MR) is 84.4 cm³/mol. The van der Waals surface area contributed by atoms with Crippen molar-refractivity contribution < 1.29 is 22.7 Å². The number of ether oxygens (including phenoxy) is 1. The van der Waals surface area contributed by atoms with Crippen LogP contribution in [0, 0.1) is 6.92 Å². The number of para-hydroxylation sites is 1. The average Bonchev–Trinajstić information content (AvgIpc) is 2.89. The van der Waals surface area contributed by atoms with Gasteiger partial charge in [0.05, 0.1) is 0 Å².